The second-order valence-corrected chi connectivity index (χ2v) is 22.6. The molecule has 4 aromatic carbocycles. The summed E-state index contributed by atoms with van der Waals surface area (Å²) in [6.07, 6.45) is 9.30. The summed E-state index contributed by atoms with van der Waals surface area (Å²) >= 11 is 0. The second-order valence-electron chi connectivity index (χ2n) is 22.6. The van der Waals surface area contributed by atoms with Crippen molar-refractivity contribution < 1.29 is 38.4 Å². The lowest BCUT2D eigenvalue weighted by Crippen LogP contribution is -2.59. The number of carbonyl (C=O) groups is 8. The molecule has 1 unspecified atom stereocenters. The van der Waals surface area contributed by atoms with Crippen molar-refractivity contribution in [3.05, 3.63) is 144 Å². The predicted molar refractivity (Wildman–Crippen MR) is 320 cm³/mol. The molecule has 8 N–H and O–H groups in total. The van der Waals surface area contributed by atoms with E-state index < -0.39 is 72.0 Å². The Morgan fingerprint density at radius 3 is 1.18 bits per heavy atom. The topological polar surface area (TPSA) is 239 Å². The fraction of sp³-hybridized carbons (Fsp3) is 0.508. The third kappa shape index (κ3) is 17.1. The largest absolute Gasteiger partial charge is 0.354 e. The zero-order valence-electron chi connectivity index (χ0n) is 49.1. The van der Waals surface area contributed by atoms with Gasteiger partial charge >= 0.3 is 0 Å². The van der Waals surface area contributed by atoms with Gasteiger partial charge in [0.25, 0.3) is 0 Å². The van der Waals surface area contributed by atoms with E-state index in [4.69, 9.17) is 0 Å². The number of amides is 8. The van der Waals surface area contributed by atoms with Crippen molar-refractivity contribution in [3.8, 4) is 0 Å². The van der Waals surface area contributed by atoms with E-state index in [2.05, 4.69) is 42.5 Å². The summed E-state index contributed by atoms with van der Waals surface area (Å²) in [6.45, 7) is 6.39. The normalized spacial score (nSPS) is 18.5. The van der Waals surface area contributed by atoms with Gasteiger partial charge in [0.2, 0.25) is 47.3 Å². The summed E-state index contributed by atoms with van der Waals surface area (Å²) in [7, 11) is 3.36. The maximum absolute atomic E-state index is 14.7. The quantitative estimate of drug-likeness (QED) is 0.0347. The van der Waals surface area contributed by atoms with Crippen LogP contribution in [0.25, 0.3) is 0 Å². The smallest absolute Gasteiger partial charge is 0.246 e. The second kappa shape index (κ2) is 31.8. The van der Waals surface area contributed by atoms with E-state index in [0.29, 0.717) is 77.5 Å². The standard InChI is InChI=1S/C65H88N10O8/c1-43(66-4)58(76)70-45(3)64(82)74-41-25-37-51(74)60(78)72-56(53(46-27-13-8-14-28-46)47-29-15-9-16-30-47)62(80)68-39-23-6-7-24-40-69-63(81)57(54(48-31-17-10-18-32-48)49-33-19-11-20-34-49)73-61(79)52-38-26-42-75(52)65(83)55(50-35-21-12-22-36-50)71-59(77)44(2)67-5/h8-11,13-20,27-34,43-45,50-57,66-67H,6-7,12,21-26,35-42H2,1-5H3,(H,68,80)(H,69,81)(H,70,76)(H,71,77)(H,72,78)(H,73,79)/t43-,44-,45-,51-,52-,55?,56-,57-/m0/s1. The van der Waals surface area contributed by atoms with Crippen LogP contribution in [0.15, 0.2) is 121 Å². The number of benzene rings is 4. The van der Waals surface area contributed by atoms with Crippen molar-refractivity contribution >= 4 is 47.3 Å². The highest BCUT2D eigenvalue weighted by molar-refractivity contribution is 5.97. The number of unbranched alkanes of at least 4 members (excludes halogenated alkanes) is 3. The van der Waals surface area contributed by atoms with E-state index in [9.17, 15) is 38.4 Å². The number of likely N-dealkylation sites (N-methyl/N-ethyl adjacent to an activating group) is 2. The van der Waals surface area contributed by atoms with Crippen LogP contribution in [0.1, 0.15) is 138 Å². The first-order valence-corrected chi connectivity index (χ1v) is 30.1. The first-order valence-electron chi connectivity index (χ1n) is 30.1. The molecule has 18 nitrogen and oxygen atoms in total. The minimum Gasteiger partial charge on any atom is -0.354 e. The van der Waals surface area contributed by atoms with Crippen molar-refractivity contribution in [2.24, 2.45) is 5.92 Å². The van der Waals surface area contributed by atoms with Gasteiger partial charge in [-0.05, 0) is 114 Å². The number of nitrogens with zero attached hydrogens (tertiary/aromatic N) is 2. The molecular formula is C65H88N10O8. The van der Waals surface area contributed by atoms with Crippen LogP contribution < -0.4 is 42.5 Å². The number of carbonyl (C=O) groups excluding carboxylic acids is 8. The Kier molecular flexibility index (Phi) is 24.2. The Balaban J connectivity index is 1.000. The minimum absolute atomic E-state index is 0.0456. The molecule has 2 saturated heterocycles. The lowest BCUT2D eigenvalue weighted by Gasteiger charge is -2.36. The molecule has 8 atom stereocenters. The van der Waals surface area contributed by atoms with E-state index >= 15 is 0 Å². The lowest BCUT2D eigenvalue weighted by molar-refractivity contribution is -0.143. The third-order valence-corrected chi connectivity index (χ3v) is 16.9. The van der Waals surface area contributed by atoms with Gasteiger partial charge in [-0.2, -0.15) is 0 Å². The maximum atomic E-state index is 14.7. The molecule has 83 heavy (non-hydrogen) atoms. The van der Waals surface area contributed by atoms with Gasteiger partial charge in [0.05, 0.1) is 12.1 Å². The van der Waals surface area contributed by atoms with Crippen LogP contribution in [-0.2, 0) is 38.4 Å². The molecule has 1 aliphatic carbocycles. The molecule has 3 fully saturated rings. The number of hydrogen-bond donors (Lipinski definition) is 8. The lowest BCUT2D eigenvalue weighted by atomic mass is 9.83. The Morgan fingerprint density at radius 2 is 0.795 bits per heavy atom. The molecule has 1 saturated carbocycles. The summed E-state index contributed by atoms with van der Waals surface area (Å²) in [5, 5.41) is 24.1. The van der Waals surface area contributed by atoms with Crippen LogP contribution >= 0.6 is 0 Å². The highest BCUT2D eigenvalue weighted by atomic mass is 16.2. The van der Waals surface area contributed by atoms with Crippen molar-refractivity contribution in [2.75, 3.05) is 40.3 Å². The number of rotatable bonds is 28. The van der Waals surface area contributed by atoms with E-state index in [-0.39, 0.29) is 41.4 Å². The van der Waals surface area contributed by atoms with Gasteiger partial charge in [0, 0.05) is 38.0 Å². The SMILES string of the molecule is CN[C@@H](C)C(=O)NC(C(=O)N1CCC[C@H]1C(=O)N[C@H](C(=O)NCCCCCCNC(=O)[C@@H](NC(=O)[C@@H]1CCCN1C(=O)[C@H](C)NC(=O)[C@H](C)NC)C(c1ccccc1)c1ccccc1)C(c1ccccc1)c1ccccc1)C1CCCCC1. The molecule has 0 bridgehead atoms. The van der Waals surface area contributed by atoms with Crippen molar-refractivity contribution in [3.63, 3.8) is 0 Å². The minimum atomic E-state index is -1.05. The van der Waals surface area contributed by atoms with Crippen molar-refractivity contribution in [2.45, 2.75) is 164 Å². The molecule has 3 aliphatic rings. The maximum Gasteiger partial charge on any atom is 0.246 e. The molecule has 8 amide bonds. The van der Waals surface area contributed by atoms with Gasteiger partial charge in [-0.15, -0.1) is 0 Å². The highest BCUT2D eigenvalue weighted by Gasteiger charge is 2.44. The van der Waals surface area contributed by atoms with E-state index in [0.717, 1.165) is 54.4 Å². The van der Waals surface area contributed by atoms with Crippen LogP contribution in [0.3, 0.4) is 0 Å². The monoisotopic (exact) mass is 1140 g/mol. The number of nitrogens with one attached hydrogen (secondary N) is 8. The summed E-state index contributed by atoms with van der Waals surface area (Å²) in [5.74, 6) is -4.03. The highest BCUT2D eigenvalue weighted by Crippen LogP contribution is 2.33. The number of hydrogen-bond acceptors (Lipinski definition) is 10. The van der Waals surface area contributed by atoms with Gasteiger partial charge < -0.3 is 52.3 Å². The average molecular weight is 1140 g/mol. The zero-order valence-corrected chi connectivity index (χ0v) is 49.1. The molecule has 0 aromatic heterocycles. The van der Waals surface area contributed by atoms with Gasteiger partial charge in [0.15, 0.2) is 0 Å². The molecule has 446 valence electrons. The van der Waals surface area contributed by atoms with Crippen LogP contribution in [0.2, 0.25) is 0 Å². The van der Waals surface area contributed by atoms with Crippen molar-refractivity contribution in [1.29, 1.82) is 0 Å². The van der Waals surface area contributed by atoms with Gasteiger partial charge in [-0.25, -0.2) is 0 Å². The Morgan fingerprint density at radius 1 is 0.422 bits per heavy atom. The predicted octanol–water partition coefficient (Wildman–Crippen LogP) is 5.18. The number of likely N-dealkylation sites (tertiary alicyclic amines) is 2. The molecule has 7 rings (SSSR count). The molecule has 0 spiro atoms. The van der Waals surface area contributed by atoms with Crippen LogP contribution in [0.5, 0.6) is 0 Å². The van der Waals surface area contributed by atoms with Crippen LogP contribution in [0.4, 0.5) is 0 Å². The molecule has 4 aromatic rings. The van der Waals surface area contributed by atoms with Gasteiger partial charge in [-0.1, -0.05) is 153 Å². The Hall–Kier alpha value is -7.44. The summed E-state index contributed by atoms with van der Waals surface area (Å²) < 4.78 is 0. The molecule has 2 aliphatic heterocycles. The summed E-state index contributed by atoms with van der Waals surface area (Å²) in [5.41, 5.74) is 3.32. The fourth-order valence-electron chi connectivity index (χ4n) is 12.0. The van der Waals surface area contributed by atoms with E-state index in [1.54, 1.807) is 39.8 Å². The Labute approximate surface area is 490 Å². The third-order valence-electron chi connectivity index (χ3n) is 16.9. The van der Waals surface area contributed by atoms with Crippen LogP contribution in [-0.4, -0.2) is 146 Å². The molecule has 0 radical (unpaired) electrons. The van der Waals surface area contributed by atoms with E-state index in [1.165, 1.54) is 4.90 Å². The van der Waals surface area contributed by atoms with E-state index in [1.807, 2.05) is 121 Å². The van der Waals surface area contributed by atoms with Crippen LogP contribution in [0, 0.1) is 5.92 Å². The molecule has 2 heterocycles. The van der Waals surface area contributed by atoms with Crippen molar-refractivity contribution in [1.82, 2.24) is 52.3 Å². The summed E-state index contributed by atoms with van der Waals surface area (Å²) in [4.78, 5) is 116. The Bertz CT molecular complexity index is 2670. The summed E-state index contributed by atoms with van der Waals surface area (Å²) in [6, 6.07) is 31.9. The average Bonchev–Trinajstić information content (AvgIpc) is 4.46. The van der Waals surface area contributed by atoms with Gasteiger partial charge in [-0.3, -0.25) is 38.4 Å². The first-order chi connectivity index (χ1) is 40.2. The first kappa shape index (κ1) is 63.1. The zero-order chi connectivity index (χ0) is 59.3. The van der Waals surface area contributed by atoms with Gasteiger partial charge in [0.1, 0.15) is 36.3 Å². The molecule has 18 heteroatoms. The molecular weight excluding hydrogens is 1050 g/mol. The fourth-order valence-corrected chi connectivity index (χ4v) is 12.0.